The van der Waals surface area contributed by atoms with Crippen molar-refractivity contribution in [2.45, 2.75) is 367 Å². The van der Waals surface area contributed by atoms with Crippen molar-refractivity contribution in [3.8, 4) is 0 Å². The van der Waals surface area contributed by atoms with Crippen LogP contribution in [-0.4, -0.2) is 37.2 Å². The number of carbonyl (C=O) groups excluding carboxylic acids is 3. The summed E-state index contributed by atoms with van der Waals surface area (Å²) in [5, 5.41) is 0. The molecule has 0 saturated heterocycles. The van der Waals surface area contributed by atoms with Crippen molar-refractivity contribution in [3.63, 3.8) is 0 Å². The molecule has 0 spiro atoms. The maximum absolute atomic E-state index is 12.8. The van der Waals surface area contributed by atoms with Crippen molar-refractivity contribution >= 4 is 17.9 Å². The molecule has 0 amide bonds. The first kappa shape index (κ1) is 75.1. The molecule has 0 aromatic rings. The van der Waals surface area contributed by atoms with Crippen molar-refractivity contribution in [3.05, 3.63) is 60.8 Å². The summed E-state index contributed by atoms with van der Waals surface area (Å²) in [6.45, 7) is 6.50. The van der Waals surface area contributed by atoms with Gasteiger partial charge in [0.05, 0.1) is 0 Å². The van der Waals surface area contributed by atoms with Gasteiger partial charge in [0, 0.05) is 19.3 Å². The van der Waals surface area contributed by atoms with E-state index >= 15 is 0 Å². The van der Waals surface area contributed by atoms with Gasteiger partial charge in [-0.2, -0.15) is 0 Å². The standard InChI is InChI=1S/C72H130O6/c1-4-7-10-13-15-17-19-21-23-25-27-29-31-33-34-35-36-37-38-39-41-42-44-46-48-50-52-54-56-59-62-65-71(74)77-68-69(67-76-70(73)64-61-58-12-9-6-3)78-72(75)66-63-60-57-55-53-51-49-47-45-43-40-32-30-28-26-24-22-20-18-16-14-11-8-5-2/h7,10,15,17,21,23,27,29,33-34,69H,4-6,8-9,11-14,16,18-20,22,24-26,28,30-32,35-68H2,1-3H3/b10-7-,17-15-,23-21-,29-27-,34-33-. The molecule has 0 rings (SSSR count). The first-order chi connectivity index (χ1) is 38.5. The maximum atomic E-state index is 12.8. The van der Waals surface area contributed by atoms with Crippen LogP contribution in [0.15, 0.2) is 60.8 Å². The zero-order valence-corrected chi connectivity index (χ0v) is 52.2. The topological polar surface area (TPSA) is 78.9 Å². The molecule has 0 bridgehead atoms. The molecule has 78 heavy (non-hydrogen) atoms. The smallest absolute Gasteiger partial charge is 0.306 e. The van der Waals surface area contributed by atoms with Crippen LogP contribution in [0.3, 0.4) is 0 Å². The van der Waals surface area contributed by atoms with E-state index in [2.05, 4.69) is 81.5 Å². The van der Waals surface area contributed by atoms with E-state index in [0.29, 0.717) is 19.3 Å². The lowest BCUT2D eigenvalue weighted by Gasteiger charge is -2.18. The van der Waals surface area contributed by atoms with Crippen molar-refractivity contribution in [1.82, 2.24) is 0 Å². The van der Waals surface area contributed by atoms with E-state index < -0.39 is 6.10 Å². The first-order valence-corrected chi connectivity index (χ1v) is 34.3. The van der Waals surface area contributed by atoms with E-state index in [9.17, 15) is 14.4 Å². The van der Waals surface area contributed by atoms with E-state index in [-0.39, 0.29) is 31.1 Å². The molecule has 0 fully saturated rings. The van der Waals surface area contributed by atoms with Crippen LogP contribution in [0.5, 0.6) is 0 Å². The Kier molecular flexibility index (Phi) is 64.2. The molecule has 6 heteroatoms. The molecule has 0 radical (unpaired) electrons. The predicted molar refractivity (Wildman–Crippen MR) is 339 cm³/mol. The molecule has 0 N–H and O–H groups in total. The lowest BCUT2D eigenvalue weighted by atomic mass is 10.0. The third-order valence-electron chi connectivity index (χ3n) is 15.3. The van der Waals surface area contributed by atoms with E-state index in [1.54, 1.807) is 0 Å². The summed E-state index contributed by atoms with van der Waals surface area (Å²) in [4.78, 5) is 38.0. The molecular weight excluding hydrogens is 961 g/mol. The number of allylic oxidation sites excluding steroid dienone is 10. The molecule has 0 heterocycles. The molecule has 0 aliphatic carbocycles. The number of esters is 3. The van der Waals surface area contributed by atoms with Crippen LogP contribution in [0.1, 0.15) is 361 Å². The van der Waals surface area contributed by atoms with Crippen molar-refractivity contribution in [2.75, 3.05) is 13.2 Å². The molecule has 454 valence electrons. The Bertz CT molecular complexity index is 1390. The van der Waals surface area contributed by atoms with Crippen LogP contribution in [0, 0.1) is 0 Å². The summed E-state index contributed by atoms with van der Waals surface area (Å²) < 4.78 is 16.8. The van der Waals surface area contributed by atoms with Gasteiger partial charge in [-0.3, -0.25) is 14.4 Å². The summed E-state index contributed by atoms with van der Waals surface area (Å²) in [5.74, 6) is -0.861. The van der Waals surface area contributed by atoms with E-state index in [4.69, 9.17) is 14.2 Å². The van der Waals surface area contributed by atoms with Crippen molar-refractivity contribution < 1.29 is 28.6 Å². The van der Waals surface area contributed by atoms with Gasteiger partial charge in [-0.15, -0.1) is 0 Å². The van der Waals surface area contributed by atoms with Crippen LogP contribution in [0.2, 0.25) is 0 Å². The van der Waals surface area contributed by atoms with Crippen molar-refractivity contribution in [2.24, 2.45) is 0 Å². The fourth-order valence-electron chi connectivity index (χ4n) is 10.2. The highest BCUT2D eigenvalue weighted by molar-refractivity contribution is 5.71. The van der Waals surface area contributed by atoms with Gasteiger partial charge in [-0.05, 0) is 64.2 Å². The fraction of sp³-hybridized carbons (Fsp3) is 0.819. The Hall–Kier alpha value is -2.89. The van der Waals surface area contributed by atoms with E-state index in [1.807, 2.05) is 0 Å². The normalized spacial score (nSPS) is 12.4. The number of unbranched alkanes of at least 4 members (excludes halogenated alkanes) is 42. The summed E-state index contributed by atoms with van der Waals surface area (Å²) in [6, 6.07) is 0. The number of hydrogen-bond acceptors (Lipinski definition) is 6. The second-order valence-corrected chi connectivity index (χ2v) is 23.1. The highest BCUT2D eigenvalue weighted by atomic mass is 16.6. The number of carbonyl (C=O) groups is 3. The molecule has 1 unspecified atom stereocenters. The highest BCUT2D eigenvalue weighted by Gasteiger charge is 2.19. The zero-order valence-electron chi connectivity index (χ0n) is 52.2. The van der Waals surface area contributed by atoms with Crippen LogP contribution in [0.4, 0.5) is 0 Å². The van der Waals surface area contributed by atoms with Crippen LogP contribution in [0.25, 0.3) is 0 Å². The monoisotopic (exact) mass is 1090 g/mol. The number of hydrogen-bond donors (Lipinski definition) is 0. The summed E-state index contributed by atoms with van der Waals surface area (Å²) >= 11 is 0. The molecule has 6 nitrogen and oxygen atoms in total. The average molecular weight is 1090 g/mol. The van der Waals surface area contributed by atoms with Gasteiger partial charge in [0.15, 0.2) is 6.10 Å². The lowest BCUT2D eigenvalue weighted by molar-refractivity contribution is -0.167. The Morgan fingerprint density at radius 1 is 0.269 bits per heavy atom. The summed E-state index contributed by atoms with van der Waals surface area (Å²) in [7, 11) is 0. The Balaban J connectivity index is 3.95. The quantitative estimate of drug-likeness (QED) is 0.0261. The minimum atomic E-state index is -0.768. The number of rotatable bonds is 63. The van der Waals surface area contributed by atoms with Crippen LogP contribution in [-0.2, 0) is 28.6 Å². The highest BCUT2D eigenvalue weighted by Crippen LogP contribution is 2.18. The van der Waals surface area contributed by atoms with Gasteiger partial charge < -0.3 is 14.2 Å². The maximum Gasteiger partial charge on any atom is 0.306 e. The minimum absolute atomic E-state index is 0.0692. The first-order valence-electron chi connectivity index (χ1n) is 34.3. The third-order valence-corrected chi connectivity index (χ3v) is 15.3. The molecule has 1 atom stereocenters. The molecule has 0 saturated carbocycles. The van der Waals surface area contributed by atoms with Gasteiger partial charge in [0.2, 0.25) is 0 Å². The molecule has 0 aliphatic heterocycles. The minimum Gasteiger partial charge on any atom is -0.462 e. The van der Waals surface area contributed by atoms with E-state index in [1.165, 1.54) is 225 Å². The Morgan fingerprint density at radius 2 is 0.500 bits per heavy atom. The van der Waals surface area contributed by atoms with Gasteiger partial charge in [0.25, 0.3) is 0 Å². The average Bonchev–Trinajstić information content (AvgIpc) is 3.44. The van der Waals surface area contributed by atoms with Crippen LogP contribution >= 0.6 is 0 Å². The molecular formula is C72H130O6. The second-order valence-electron chi connectivity index (χ2n) is 23.1. The molecule has 0 aromatic heterocycles. The SMILES string of the molecule is CC/C=C\C/C=C\C/C=C\C/C=C\C/C=C\CCCCCCCCCCCCCCCCCC(=O)OCC(COC(=O)CCCCCCC)OC(=O)CCCCCCCCCCCCCCCCCCCCCCCCCC. The van der Waals surface area contributed by atoms with Crippen molar-refractivity contribution in [1.29, 1.82) is 0 Å². The van der Waals surface area contributed by atoms with E-state index in [0.717, 1.165) is 96.3 Å². The Labute approximate surface area is 485 Å². The molecule has 0 aliphatic rings. The van der Waals surface area contributed by atoms with Gasteiger partial charge in [0.1, 0.15) is 13.2 Å². The molecule has 0 aromatic carbocycles. The lowest BCUT2D eigenvalue weighted by Crippen LogP contribution is -2.30. The summed E-state index contributed by atoms with van der Waals surface area (Å²) in [5.41, 5.74) is 0. The zero-order chi connectivity index (χ0) is 56.4. The third kappa shape index (κ3) is 63.9. The van der Waals surface area contributed by atoms with Gasteiger partial charge in [-0.1, -0.05) is 338 Å². The largest absolute Gasteiger partial charge is 0.462 e. The number of ether oxygens (including phenoxy) is 3. The summed E-state index contributed by atoms with van der Waals surface area (Å²) in [6.07, 6.45) is 85.9. The Morgan fingerprint density at radius 3 is 0.782 bits per heavy atom. The fourth-order valence-corrected chi connectivity index (χ4v) is 10.2. The van der Waals surface area contributed by atoms with Gasteiger partial charge >= 0.3 is 17.9 Å². The van der Waals surface area contributed by atoms with Crippen LogP contribution < -0.4 is 0 Å². The second kappa shape index (κ2) is 66.6. The predicted octanol–water partition coefficient (Wildman–Crippen LogP) is 23.5. The van der Waals surface area contributed by atoms with Gasteiger partial charge in [-0.25, -0.2) is 0 Å².